The molecule has 0 amide bonds. The van der Waals surface area contributed by atoms with Gasteiger partial charge in [0.25, 0.3) is 0 Å². The Labute approximate surface area is 149 Å². The predicted octanol–water partition coefficient (Wildman–Crippen LogP) is 5.87. The number of aliphatic imine (C=N–C) groups is 1. The van der Waals surface area contributed by atoms with Crippen LogP contribution in [0, 0.1) is 11.8 Å². The van der Waals surface area contributed by atoms with Gasteiger partial charge in [-0.1, -0.05) is 69.5 Å². The molecular weight excluding hydrogens is 292 g/mol. The molecule has 0 saturated heterocycles. The molecule has 0 aromatic heterocycles. The summed E-state index contributed by atoms with van der Waals surface area (Å²) < 4.78 is 0. The van der Waals surface area contributed by atoms with Gasteiger partial charge in [0.05, 0.1) is 6.04 Å². The van der Waals surface area contributed by atoms with Crippen LogP contribution in [0.5, 0.6) is 0 Å². The second kappa shape index (κ2) is 11.7. The lowest BCUT2D eigenvalue weighted by molar-refractivity contribution is 0.449. The Morgan fingerprint density at radius 1 is 1.21 bits per heavy atom. The summed E-state index contributed by atoms with van der Waals surface area (Å²) in [6.07, 6.45) is 8.65. The molecular formula is C22H36N2. The minimum Gasteiger partial charge on any atom is -0.392 e. The molecule has 0 aromatic carbocycles. The Morgan fingerprint density at radius 3 is 2.29 bits per heavy atom. The molecule has 2 heteroatoms. The second-order valence-corrected chi connectivity index (χ2v) is 6.63. The zero-order valence-electron chi connectivity index (χ0n) is 16.4. The molecule has 0 radical (unpaired) electrons. The quantitative estimate of drug-likeness (QED) is 0.352. The van der Waals surface area contributed by atoms with Crippen molar-refractivity contribution in [1.29, 1.82) is 0 Å². The lowest BCUT2D eigenvalue weighted by atomic mass is 9.84. The van der Waals surface area contributed by atoms with Gasteiger partial charge in [-0.05, 0) is 32.6 Å². The van der Waals surface area contributed by atoms with Crippen LogP contribution in [0.15, 0.2) is 66.4 Å². The Morgan fingerprint density at radius 2 is 1.83 bits per heavy atom. The van der Waals surface area contributed by atoms with Gasteiger partial charge < -0.3 is 5.32 Å². The molecule has 2 nitrogen and oxygen atoms in total. The predicted molar refractivity (Wildman–Crippen MR) is 111 cm³/mol. The molecule has 0 aliphatic carbocycles. The van der Waals surface area contributed by atoms with Gasteiger partial charge in [-0.15, -0.1) is 0 Å². The zero-order valence-corrected chi connectivity index (χ0v) is 16.4. The van der Waals surface area contributed by atoms with Gasteiger partial charge in [0.2, 0.25) is 0 Å². The molecule has 0 aromatic rings. The van der Waals surface area contributed by atoms with E-state index < -0.39 is 0 Å². The Bertz CT molecular complexity index is 506. The number of nitrogens with one attached hydrogen (secondary N) is 1. The molecule has 24 heavy (non-hydrogen) atoms. The third-order valence-corrected chi connectivity index (χ3v) is 4.40. The van der Waals surface area contributed by atoms with E-state index in [1.54, 1.807) is 0 Å². The summed E-state index contributed by atoms with van der Waals surface area (Å²) in [5, 5.41) is 3.15. The molecule has 0 spiro atoms. The molecule has 2 atom stereocenters. The Kier molecular flexibility index (Phi) is 10.8. The average molecular weight is 329 g/mol. The van der Waals surface area contributed by atoms with Gasteiger partial charge in [-0.25, -0.2) is 0 Å². The van der Waals surface area contributed by atoms with E-state index in [0.717, 1.165) is 41.8 Å². The zero-order chi connectivity index (χ0) is 18.7. The number of allylic oxidation sites excluding steroid dienone is 4. The first-order valence-corrected chi connectivity index (χ1v) is 8.78. The summed E-state index contributed by atoms with van der Waals surface area (Å²) in [4.78, 5) is 5.02. The van der Waals surface area contributed by atoms with E-state index in [-0.39, 0.29) is 12.0 Å². The normalized spacial score (nSPS) is 14.5. The van der Waals surface area contributed by atoms with Crippen LogP contribution in [0.1, 0.15) is 47.0 Å². The molecule has 0 rings (SSSR count). The van der Waals surface area contributed by atoms with Crippen LogP contribution in [0.25, 0.3) is 0 Å². The molecule has 134 valence electrons. The van der Waals surface area contributed by atoms with Crippen LogP contribution in [-0.2, 0) is 0 Å². The van der Waals surface area contributed by atoms with Gasteiger partial charge in [0, 0.05) is 30.8 Å². The number of nitrogens with zero attached hydrogens (tertiary/aromatic N) is 1. The maximum Gasteiger partial charge on any atom is 0.0621 e. The summed E-state index contributed by atoms with van der Waals surface area (Å²) in [6.45, 7) is 24.8. The summed E-state index contributed by atoms with van der Waals surface area (Å²) >= 11 is 0. The number of hydrogen-bond donors (Lipinski definition) is 1. The fourth-order valence-corrected chi connectivity index (χ4v) is 2.48. The molecule has 0 bridgehead atoms. The lowest BCUT2D eigenvalue weighted by Crippen LogP contribution is -2.25. The van der Waals surface area contributed by atoms with Crippen molar-refractivity contribution in [2.75, 3.05) is 7.05 Å². The van der Waals surface area contributed by atoms with E-state index in [4.69, 9.17) is 4.99 Å². The molecule has 2 unspecified atom stereocenters. The molecule has 0 heterocycles. The van der Waals surface area contributed by atoms with Gasteiger partial charge >= 0.3 is 0 Å². The van der Waals surface area contributed by atoms with Crippen molar-refractivity contribution < 1.29 is 0 Å². The Hall–Kier alpha value is -1.83. The van der Waals surface area contributed by atoms with E-state index in [0.29, 0.717) is 5.92 Å². The van der Waals surface area contributed by atoms with Crippen LogP contribution in [-0.4, -0.2) is 18.8 Å². The first-order chi connectivity index (χ1) is 11.3. The summed E-state index contributed by atoms with van der Waals surface area (Å²) in [7, 11) is 1.91. The van der Waals surface area contributed by atoms with E-state index in [2.05, 4.69) is 58.5 Å². The van der Waals surface area contributed by atoms with Crippen LogP contribution in [0.2, 0.25) is 0 Å². The lowest BCUT2D eigenvalue weighted by Gasteiger charge is -2.27. The fraction of sp³-hybridized carbons (Fsp3) is 0.500. The van der Waals surface area contributed by atoms with E-state index in [9.17, 15) is 0 Å². The Balaban J connectivity index is 5.49. The second-order valence-electron chi connectivity index (χ2n) is 6.63. The molecule has 0 saturated carbocycles. The maximum atomic E-state index is 5.02. The van der Waals surface area contributed by atoms with Crippen molar-refractivity contribution >= 4 is 5.71 Å². The molecule has 0 aliphatic rings. The third kappa shape index (κ3) is 8.14. The summed E-state index contributed by atoms with van der Waals surface area (Å²) in [5.41, 5.74) is 4.33. The average Bonchev–Trinajstić information content (AvgIpc) is 2.54. The van der Waals surface area contributed by atoms with E-state index in [1.807, 2.05) is 26.1 Å². The largest absolute Gasteiger partial charge is 0.392 e. The van der Waals surface area contributed by atoms with Crippen molar-refractivity contribution in [3.05, 3.63) is 61.4 Å². The van der Waals surface area contributed by atoms with Crippen molar-refractivity contribution in [3.63, 3.8) is 0 Å². The molecule has 0 fully saturated rings. The third-order valence-electron chi connectivity index (χ3n) is 4.40. The number of hydrogen-bond acceptors (Lipinski definition) is 2. The van der Waals surface area contributed by atoms with Crippen LogP contribution in [0.3, 0.4) is 0 Å². The summed E-state index contributed by atoms with van der Waals surface area (Å²) in [6, 6.07) is 0.122. The topological polar surface area (TPSA) is 24.4 Å². The number of rotatable bonds is 12. The van der Waals surface area contributed by atoms with Gasteiger partial charge in [0.15, 0.2) is 0 Å². The monoisotopic (exact) mass is 328 g/mol. The van der Waals surface area contributed by atoms with Crippen LogP contribution in [0.4, 0.5) is 0 Å². The smallest absolute Gasteiger partial charge is 0.0621 e. The SMILES string of the molecule is C=CC(=C)C(CCC(=C)/C=C\C)C(CC(=C)NC)/N=C(\C)C(C)C. The van der Waals surface area contributed by atoms with Crippen LogP contribution >= 0.6 is 0 Å². The highest BCUT2D eigenvalue weighted by Gasteiger charge is 2.23. The molecule has 0 aliphatic heterocycles. The van der Waals surface area contributed by atoms with E-state index >= 15 is 0 Å². The highest BCUT2D eigenvalue weighted by Crippen LogP contribution is 2.29. The van der Waals surface area contributed by atoms with Crippen molar-refractivity contribution in [1.82, 2.24) is 5.32 Å². The minimum absolute atomic E-state index is 0.122. The van der Waals surface area contributed by atoms with Crippen molar-refractivity contribution in [2.24, 2.45) is 16.8 Å². The first-order valence-electron chi connectivity index (χ1n) is 8.78. The minimum atomic E-state index is 0.122. The molecule has 1 N–H and O–H groups in total. The maximum absolute atomic E-state index is 5.02. The highest BCUT2D eigenvalue weighted by atomic mass is 14.9. The summed E-state index contributed by atoms with van der Waals surface area (Å²) in [5.74, 6) is 0.675. The van der Waals surface area contributed by atoms with E-state index in [1.165, 1.54) is 0 Å². The van der Waals surface area contributed by atoms with Crippen LogP contribution < -0.4 is 5.32 Å². The van der Waals surface area contributed by atoms with Gasteiger partial charge in [0.1, 0.15) is 0 Å². The van der Waals surface area contributed by atoms with Crippen molar-refractivity contribution in [2.45, 2.75) is 53.0 Å². The fourth-order valence-electron chi connectivity index (χ4n) is 2.48. The highest BCUT2D eigenvalue weighted by molar-refractivity contribution is 5.83. The standard InChI is InChI=1S/C22H36N2/c1-10-12-17(5)13-14-21(18(6)11-2)22(15-19(7)23-9)24-20(8)16(3)4/h10-12,16,21-23H,2,5-7,13-15H2,1,3-4,8-9H3/b12-10-,24-20+. The first kappa shape index (κ1) is 22.2. The van der Waals surface area contributed by atoms with Gasteiger partial charge in [-0.2, -0.15) is 0 Å². The van der Waals surface area contributed by atoms with Gasteiger partial charge in [-0.3, -0.25) is 4.99 Å². The van der Waals surface area contributed by atoms with Crippen molar-refractivity contribution in [3.8, 4) is 0 Å².